The van der Waals surface area contributed by atoms with Crippen LogP contribution in [0.4, 0.5) is 4.79 Å². The third-order valence-electron chi connectivity index (χ3n) is 2.50. The van der Waals surface area contributed by atoms with E-state index >= 15 is 0 Å². The fourth-order valence-electron chi connectivity index (χ4n) is 1.61. The van der Waals surface area contributed by atoms with Crippen LogP contribution in [0.3, 0.4) is 0 Å². The fraction of sp³-hybridized carbons (Fsp3) is 0.700. The first-order chi connectivity index (χ1) is 7.52. The van der Waals surface area contributed by atoms with Gasteiger partial charge in [-0.15, -0.1) is 0 Å². The Morgan fingerprint density at radius 2 is 1.75 bits per heavy atom. The zero-order valence-corrected chi connectivity index (χ0v) is 9.07. The maximum atomic E-state index is 10.6. The lowest BCUT2D eigenvalue weighted by Crippen LogP contribution is -2.36. The molecule has 0 aromatic rings. The number of aliphatic hydroxyl groups excluding tert-OH is 2. The van der Waals surface area contributed by atoms with Crippen molar-refractivity contribution >= 4 is 6.09 Å². The summed E-state index contributed by atoms with van der Waals surface area (Å²) >= 11 is 0. The Balaban J connectivity index is 2.71. The molecule has 92 valence electrons. The molecule has 0 aliphatic heterocycles. The molecule has 1 rings (SSSR count). The molecule has 0 saturated carbocycles. The lowest BCUT2D eigenvalue weighted by molar-refractivity contribution is -0.0335. The summed E-state index contributed by atoms with van der Waals surface area (Å²) in [6.07, 6.45) is -0.0265. The predicted octanol–water partition coefficient (Wildman–Crippen LogP) is -0.463. The van der Waals surface area contributed by atoms with Gasteiger partial charge in [-0.05, 0) is 6.08 Å². The van der Waals surface area contributed by atoms with Crippen molar-refractivity contribution in [2.24, 2.45) is 5.73 Å². The van der Waals surface area contributed by atoms with Gasteiger partial charge >= 0.3 is 6.09 Å². The van der Waals surface area contributed by atoms with Crippen molar-refractivity contribution in [3.05, 3.63) is 12.2 Å². The Bertz CT molecular complexity index is 268. The van der Waals surface area contributed by atoms with Gasteiger partial charge in [0.15, 0.2) is 0 Å². The number of carbonyl (C=O) groups excluding carboxylic acids is 1. The van der Waals surface area contributed by atoms with Crippen LogP contribution < -0.4 is 5.73 Å². The van der Waals surface area contributed by atoms with Crippen molar-refractivity contribution in [1.29, 1.82) is 0 Å². The van der Waals surface area contributed by atoms with Gasteiger partial charge < -0.3 is 25.4 Å². The first-order valence-corrected chi connectivity index (χ1v) is 5.06. The largest absolute Gasteiger partial charge is 0.442 e. The number of ether oxygens (including phenoxy) is 2. The number of rotatable bonds is 2. The molecular formula is C10H17NO5. The highest BCUT2D eigenvalue weighted by Crippen LogP contribution is 2.17. The quantitative estimate of drug-likeness (QED) is 0.558. The molecular weight excluding hydrogens is 214 g/mol. The monoisotopic (exact) mass is 231 g/mol. The maximum absolute atomic E-state index is 10.6. The minimum atomic E-state index is -0.966. The molecule has 0 aromatic carbocycles. The smallest absolute Gasteiger partial charge is 0.405 e. The van der Waals surface area contributed by atoms with E-state index in [1.807, 2.05) is 0 Å². The number of hydrogen-bond donors (Lipinski definition) is 3. The molecule has 0 aromatic heterocycles. The molecule has 6 nitrogen and oxygen atoms in total. The van der Waals surface area contributed by atoms with E-state index in [9.17, 15) is 15.0 Å². The third kappa shape index (κ3) is 3.80. The molecule has 4 unspecified atom stereocenters. The molecule has 16 heavy (non-hydrogen) atoms. The van der Waals surface area contributed by atoms with Crippen LogP contribution in [0.15, 0.2) is 12.2 Å². The van der Waals surface area contributed by atoms with E-state index in [-0.39, 0.29) is 12.5 Å². The summed E-state index contributed by atoms with van der Waals surface area (Å²) in [5.41, 5.74) is 4.89. The van der Waals surface area contributed by atoms with Crippen LogP contribution in [0.2, 0.25) is 0 Å². The summed E-state index contributed by atoms with van der Waals surface area (Å²) in [4.78, 5) is 10.6. The second kappa shape index (κ2) is 5.83. The molecule has 4 N–H and O–H groups in total. The zero-order chi connectivity index (χ0) is 12.1. The van der Waals surface area contributed by atoms with E-state index < -0.39 is 24.4 Å². The number of amides is 1. The summed E-state index contributed by atoms with van der Waals surface area (Å²) in [5, 5.41) is 19.2. The van der Waals surface area contributed by atoms with Gasteiger partial charge in [-0.3, -0.25) is 0 Å². The molecule has 0 radical (unpaired) electrons. The average Bonchev–Trinajstić information content (AvgIpc) is 2.20. The van der Waals surface area contributed by atoms with Crippen molar-refractivity contribution in [3.8, 4) is 0 Å². The Morgan fingerprint density at radius 3 is 2.25 bits per heavy atom. The molecule has 1 amide bonds. The van der Waals surface area contributed by atoms with E-state index in [2.05, 4.69) is 0 Å². The van der Waals surface area contributed by atoms with Crippen LogP contribution in [-0.4, -0.2) is 47.8 Å². The molecule has 1 aliphatic carbocycles. The van der Waals surface area contributed by atoms with E-state index in [4.69, 9.17) is 15.2 Å². The minimum absolute atomic E-state index is 0.122. The lowest BCUT2D eigenvalue weighted by atomic mass is 9.97. The van der Waals surface area contributed by atoms with Crippen LogP contribution in [-0.2, 0) is 9.47 Å². The van der Waals surface area contributed by atoms with Crippen molar-refractivity contribution in [3.63, 3.8) is 0 Å². The molecule has 1 aliphatic rings. The van der Waals surface area contributed by atoms with Crippen LogP contribution >= 0.6 is 0 Å². The predicted molar refractivity (Wildman–Crippen MR) is 55.6 cm³/mol. The summed E-state index contributed by atoms with van der Waals surface area (Å²) in [6, 6.07) is 0. The van der Waals surface area contributed by atoms with Crippen molar-refractivity contribution in [2.75, 3.05) is 7.11 Å². The highest BCUT2D eigenvalue weighted by atomic mass is 16.6. The van der Waals surface area contributed by atoms with Crippen molar-refractivity contribution < 1.29 is 24.5 Å². The number of primary amides is 1. The SMILES string of the molecule is COC1/C=C/C(OC(N)=O)CC(O)C(O)C1. The van der Waals surface area contributed by atoms with Crippen LogP contribution in [0.5, 0.6) is 0 Å². The van der Waals surface area contributed by atoms with Crippen molar-refractivity contribution in [1.82, 2.24) is 0 Å². The molecule has 0 saturated heterocycles. The molecule has 6 heteroatoms. The molecule has 0 spiro atoms. The maximum Gasteiger partial charge on any atom is 0.405 e. The number of carbonyl (C=O) groups is 1. The van der Waals surface area contributed by atoms with Gasteiger partial charge in [0.1, 0.15) is 6.10 Å². The van der Waals surface area contributed by atoms with E-state index in [0.717, 1.165) is 0 Å². The second-order valence-electron chi connectivity index (χ2n) is 3.74. The third-order valence-corrected chi connectivity index (χ3v) is 2.50. The van der Waals surface area contributed by atoms with Gasteiger partial charge in [0, 0.05) is 20.0 Å². The Kier molecular flexibility index (Phi) is 4.72. The Hall–Kier alpha value is -1.11. The van der Waals surface area contributed by atoms with Gasteiger partial charge in [0.2, 0.25) is 0 Å². The topological polar surface area (TPSA) is 102 Å². The summed E-state index contributed by atoms with van der Waals surface area (Å²) < 4.78 is 9.83. The molecule has 0 bridgehead atoms. The molecule has 4 atom stereocenters. The number of aliphatic hydroxyl groups is 2. The van der Waals surface area contributed by atoms with Crippen molar-refractivity contribution in [2.45, 2.75) is 37.3 Å². The highest BCUT2D eigenvalue weighted by molar-refractivity contribution is 5.65. The number of hydrogen-bond acceptors (Lipinski definition) is 5. The molecule has 0 heterocycles. The van der Waals surface area contributed by atoms with E-state index in [0.29, 0.717) is 6.42 Å². The first kappa shape index (κ1) is 13.0. The standard InChI is InChI=1S/C10H17NO5/c1-15-6-2-3-7(16-10(11)14)5-9(13)8(12)4-6/h2-3,6-9,12-13H,4-5H2,1H3,(H2,11,14)/b3-2+. The highest BCUT2D eigenvalue weighted by Gasteiger charge is 2.26. The lowest BCUT2D eigenvalue weighted by Gasteiger charge is -2.26. The van der Waals surface area contributed by atoms with Gasteiger partial charge in [0.05, 0.1) is 18.3 Å². The number of methoxy groups -OCH3 is 1. The van der Waals surface area contributed by atoms with Gasteiger partial charge in [0.25, 0.3) is 0 Å². The average molecular weight is 231 g/mol. The minimum Gasteiger partial charge on any atom is -0.442 e. The van der Waals surface area contributed by atoms with Gasteiger partial charge in [-0.1, -0.05) is 6.08 Å². The van der Waals surface area contributed by atoms with E-state index in [1.54, 1.807) is 12.2 Å². The first-order valence-electron chi connectivity index (χ1n) is 5.06. The zero-order valence-electron chi connectivity index (χ0n) is 9.07. The number of nitrogens with two attached hydrogens (primary N) is 1. The fourth-order valence-corrected chi connectivity index (χ4v) is 1.61. The normalized spacial score (nSPS) is 37.2. The summed E-state index contributed by atoms with van der Waals surface area (Å²) in [5.74, 6) is 0. The van der Waals surface area contributed by atoms with Crippen LogP contribution in [0, 0.1) is 0 Å². The van der Waals surface area contributed by atoms with Crippen LogP contribution in [0.25, 0.3) is 0 Å². The van der Waals surface area contributed by atoms with Gasteiger partial charge in [-0.25, -0.2) is 4.79 Å². The summed E-state index contributed by atoms with van der Waals surface area (Å²) in [6.45, 7) is 0. The Labute approximate surface area is 93.6 Å². The molecule has 0 fully saturated rings. The van der Waals surface area contributed by atoms with Gasteiger partial charge in [-0.2, -0.15) is 0 Å². The Morgan fingerprint density at radius 1 is 1.25 bits per heavy atom. The summed E-state index contributed by atoms with van der Waals surface area (Å²) in [7, 11) is 1.50. The second-order valence-corrected chi connectivity index (χ2v) is 3.74. The van der Waals surface area contributed by atoms with E-state index in [1.165, 1.54) is 7.11 Å². The van der Waals surface area contributed by atoms with Crippen LogP contribution in [0.1, 0.15) is 12.8 Å².